The van der Waals surface area contributed by atoms with E-state index in [1.165, 1.54) is 24.5 Å². The maximum absolute atomic E-state index is 12.5. The lowest BCUT2D eigenvalue weighted by atomic mass is 9.84. The average Bonchev–Trinajstić information content (AvgIpc) is 3.13. The van der Waals surface area contributed by atoms with Crippen molar-refractivity contribution in [1.29, 1.82) is 0 Å². The van der Waals surface area contributed by atoms with Crippen molar-refractivity contribution in [3.63, 3.8) is 0 Å². The van der Waals surface area contributed by atoms with Crippen LogP contribution in [0.3, 0.4) is 0 Å². The summed E-state index contributed by atoms with van der Waals surface area (Å²) in [7, 11) is -0.809. The SMILES string of the molecule is CC1(c2nc3ncc(Oc4ncccc4OCC(F)(F)F)cc3o2)CCS(=O)CC1. The number of nitrogens with zero attached hydrogens (tertiary/aromatic N) is 3. The summed E-state index contributed by atoms with van der Waals surface area (Å²) in [5.74, 6) is 1.66. The van der Waals surface area contributed by atoms with Crippen LogP contribution in [-0.2, 0) is 16.2 Å². The van der Waals surface area contributed by atoms with Gasteiger partial charge in [0.15, 0.2) is 29.3 Å². The summed E-state index contributed by atoms with van der Waals surface area (Å²) in [5.41, 5.74) is 0.443. The van der Waals surface area contributed by atoms with Gasteiger partial charge in [-0.05, 0) is 25.0 Å². The number of hydrogen-bond donors (Lipinski definition) is 0. The minimum atomic E-state index is -4.48. The van der Waals surface area contributed by atoms with Gasteiger partial charge in [0.25, 0.3) is 5.88 Å². The first-order chi connectivity index (χ1) is 14.2. The molecule has 0 bridgehead atoms. The zero-order valence-electron chi connectivity index (χ0n) is 15.9. The van der Waals surface area contributed by atoms with Gasteiger partial charge in [0.1, 0.15) is 0 Å². The third-order valence-corrected chi connectivity index (χ3v) is 6.16. The van der Waals surface area contributed by atoms with Crippen LogP contribution in [0.15, 0.2) is 35.0 Å². The van der Waals surface area contributed by atoms with E-state index in [4.69, 9.17) is 13.9 Å². The Labute approximate surface area is 172 Å². The molecule has 160 valence electrons. The van der Waals surface area contributed by atoms with Crippen LogP contribution in [0.4, 0.5) is 13.2 Å². The van der Waals surface area contributed by atoms with Crippen LogP contribution in [-0.4, -0.2) is 43.4 Å². The summed E-state index contributed by atoms with van der Waals surface area (Å²) in [4.78, 5) is 12.6. The van der Waals surface area contributed by atoms with E-state index in [-0.39, 0.29) is 22.8 Å². The van der Waals surface area contributed by atoms with Crippen LogP contribution in [0.5, 0.6) is 17.4 Å². The van der Waals surface area contributed by atoms with Gasteiger partial charge < -0.3 is 13.9 Å². The highest BCUT2D eigenvalue weighted by atomic mass is 32.2. The summed E-state index contributed by atoms with van der Waals surface area (Å²) in [6.07, 6.45) is -0.323. The molecule has 0 saturated carbocycles. The van der Waals surface area contributed by atoms with Crippen molar-refractivity contribution >= 4 is 22.0 Å². The molecule has 1 aliphatic rings. The van der Waals surface area contributed by atoms with Gasteiger partial charge in [-0.25, -0.2) is 9.97 Å². The highest BCUT2D eigenvalue weighted by Gasteiger charge is 2.36. The average molecular weight is 441 g/mol. The third kappa shape index (κ3) is 4.55. The van der Waals surface area contributed by atoms with Crippen molar-refractivity contribution in [3.05, 3.63) is 36.5 Å². The largest absolute Gasteiger partial charge is 0.478 e. The smallest absolute Gasteiger partial charge is 0.422 e. The number of fused-ring (bicyclic) bond motifs is 1. The lowest BCUT2D eigenvalue weighted by Gasteiger charge is -2.29. The number of alkyl halides is 3. The molecule has 0 N–H and O–H groups in total. The minimum Gasteiger partial charge on any atom is -0.478 e. The third-order valence-electron chi connectivity index (χ3n) is 4.84. The first kappa shape index (κ1) is 20.6. The number of pyridine rings is 2. The van der Waals surface area contributed by atoms with Crippen molar-refractivity contribution < 1.29 is 31.3 Å². The fourth-order valence-electron chi connectivity index (χ4n) is 3.07. The highest BCUT2D eigenvalue weighted by molar-refractivity contribution is 7.85. The van der Waals surface area contributed by atoms with Crippen molar-refractivity contribution in [2.45, 2.75) is 31.4 Å². The standard InChI is InChI=1S/C19H18F3N3O4S/c1-18(4-7-30(26)8-5-18)17-25-15-14(29-17)9-12(10-24-15)28-16-13(3-2-6-23-16)27-11-19(20,21)22/h2-3,6,9-10H,4-5,7-8,11H2,1H3. The molecule has 3 aromatic heterocycles. The van der Waals surface area contributed by atoms with Crippen LogP contribution in [0.2, 0.25) is 0 Å². The summed E-state index contributed by atoms with van der Waals surface area (Å²) in [6, 6.07) is 4.33. The molecule has 0 aliphatic carbocycles. The quantitative estimate of drug-likeness (QED) is 0.588. The van der Waals surface area contributed by atoms with E-state index in [2.05, 4.69) is 15.0 Å². The fraction of sp³-hybridized carbons (Fsp3) is 0.421. The second-order valence-electron chi connectivity index (χ2n) is 7.23. The van der Waals surface area contributed by atoms with Crippen LogP contribution >= 0.6 is 0 Å². The van der Waals surface area contributed by atoms with Crippen LogP contribution in [0.25, 0.3) is 11.2 Å². The van der Waals surface area contributed by atoms with E-state index < -0.39 is 23.6 Å². The first-order valence-electron chi connectivity index (χ1n) is 9.16. The monoisotopic (exact) mass is 441 g/mol. The second-order valence-corrected chi connectivity index (χ2v) is 8.93. The molecule has 7 nitrogen and oxygen atoms in total. The minimum absolute atomic E-state index is 0.121. The molecule has 1 saturated heterocycles. The molecule has 0 amide bonds. The molecule has 0 unspecified atom stereocenters. The van der Waals surface area contributed by atoms with E-state index in [1.807, 2.05) is 6.92 Å². The molecule has 3 aromatic rings. The highest BCUT2D eigenvalue weighted by Crippen LogP contribution is 2.37. The Morgan fingerprint density at radius 2 is 2.03 bits per heavy atom. The van der Waals surface area contributed by atoms with Crippen molar-refractivity contribution in [3.8, 4) is 17.4 Å². The topological polar surface area (TPSA) is 87.3 Å². The van der Waals surface area contributed by atoms with Gasteiger partial charge in [-0.15, -0.1) is 0 Å². The molecule has 0 spiro atoms. The summed E-state index contributed by atoms with van der Waals surface area (Å²) in [6.45, 7) is 0.560. The Morgan fingerprint density at radius 1 is 1.27 bits per heavy atom. The number of ether oxygens (including phenoxy) is 2. The van der Waals surface area contributed by atoms with Gasteiger partial charge in [-0.3, -0.25) is 4.21 Å². The van der Waals surface area contributed by atoms with Gasteiger partial charge in [-0.1, -0.05) is 6.92 Å². The Balaban J connectivity index is 1.56. The molecule has 1 aliphatic heterocycles. The predicted molar refractivity (Wildman–Crippen MR) is 102 cm³/mol. The van der Waals surface area contributed by atoms with E-state index >= 15 is 0 Å². The summed E-state index contributed by atoms with van der Waals surface area (Å²) >= 11 is 0. The fourth-order valence-corrected chi connectivity index (χ4v) is 4.63. The molecule has 11 heteroatoms. The lowest BCUT2D eigenvalue weighted by molar-refractivity contribution is -0.153. The Bertz CT molecular complexity index is 1080. The second kappa shape index (κ2) is 7.86. The van der Waals surface area contributed by atoms with Gasteiger partial charge >= 0.3 is 6.18 Å². The summed E-state index contributed by atoms with van der Waals surface area (Å²) < 4.78 is 65.3. The molecule has 1 fully saturated rings. The Hall–Kier alpha value is -2.69. The van der Waals surface area contributed by atoms with Crippen molar-refractivity contribution in [2.24, 2.45) is 0 Å². The van der Waals surface area contributed by atoms with Crippen molar-refractivity contribution in [2.75, 3.05) is 18.1 Å². The van der Waals surface area contributed by atoms with Crippen molar-refractivity contribution in [1.82, 2.24) is 15.0 Å². The molecule has 0 aromatic carbocycles. The molecule has 30 heavy (non-hydrogen) atoms. The van der Waals surface area contributed by atoms with Gasteiger partial charge in [-0.2, -0.15) is 18.2 Å². The number of hydrogen-bond acceptors (Lipinski definition) is 7. The maximum Gasteiger partial charge on any atom is 0.422 e. The molecule has 4 rings (SSSR count). The maximum atomic E-state index is 12.5. The molecular formula is C19H18F3N3O4S. The lowest BCUT2D eigenvalue weighted by Crippen LogP contribution is -2.32. The molecule has 4 heterocycles. The Morgan fingerprint density at radius 3 is 2.77 bits per heavy atom. The van der Waals surface area contributed by atoms with E-state index in [0.717, 1.165) is 0 Å². The predicted octanol–water partition coefficient (Wildman–Crippen LogP) is 4.15. The summed E-state index contributed by atoms with van der Waals surface area (Å²) in [5, 5.41) is 0. The van der Waals surface area contributed by atoms with Gasteiger partial charge in [0.05, 0.1) is 6.20 Å². The van der Waals surface area contributed by atoms with E-state index in [0.29, 0.717) is 41.5 Å². The first-order valence-corrected chi connectivity index (χ1v) is 10.7. The normalized spacial score (nSPS) is 22.2. The van der Waals surface area contributed by atoms with Crippen LogP contribution in [0, 0.1) is 0 Å². The number of oxazole rings is 1. The number of halogens is 3. The van der Waals surface area contributed by atoms with Gasteiger partial charge in [0, 0.05) is 40.0 Å². The van der Waals surface area contributed by atoms with E-state index in [9.17, 15) is 17.4 Å². The van der Waals surface area contributed by atoms with Crippen LogP contribution < -0.4 is 9.47 Å². The number of rotatable bonds is 5. The van der Waals surface area contributed by atoms with Gasteiger partial charge in [0.2, 0.25) is 5.89 Å². The number of aromatic nitrogens is 3. The molecule has 0 radical (unpaired) electrons. The van der Waals surface area contributed by atoms with E-state index in [1.54, 1.807) is 6.07 Å². The Kier molecular flexibility index (Phi) is 5.39. The molecular weight excluding hydrogens is 423 g/mol. The zero-order valence-corrected chi connectivity index (χ0v) is 16.8. The van der Waals surface area contributed by atoms with Crippen LogP contribution in [0.1, 0.15) is 25.7 Å². The zero-order chi connectivity index (χ0) is 21.4. The molecule has 0 atom stereocenters.